The highest BCUT2D eigenvalue weighted by atomic mass is 127. The fourth-order valence-electron chi connectivity index (χ4n) is 0.589. The lowest BCUT2D eigenvalue weighted by Crippen LogP contribution is -2.14. The first-order valence-electron chi connectivity index (χ1n) is 2.75. The van der Waals surface area contributed by atoms with Crippen LogP contribution in [-0.4, -0.2) is 13.4 Å². The topological polar surface area (TPSA) is 73.1 Å². The van der Waals surface area contributed by atoms with Crippen molar-refractivity contribution in [3.63, 3.8) is 0 Å². The Balaban J connectivity index is 3.37. The maximum absolute atomic E-state index is 12.6. The number of nitrogens with zero attached hydrogens (tertiary/aromatic N) is 1. The van der Waals surface area contributed by atoms with Crippen molar-refractivity contribution in [1.82, 2.24) is 4.98 Å². The second-order valence-corrected chi connectivity index (χ2v) is 4.60. The molecule has 4 nitrogen and oxygen atoms in total. The minimum absolute atomic E-state index is 0.247. The van der Waals surface area contributed by atoms with Crippen LogP contribution in [0.25, 0.3) is 0 Å². The van der Waals surface area contributed by atoms with E-state index >= 15 is 0 Å². The van der Waals surface area contributed by atoms with E-state index in [4.69, 9.17) is 5.14 Å². The van der Waals surface area contributed by atoms with Crippen LogP contribution in [0.2, 0.25) is 0 Å². The molecular formula is C5H4FIN2O2S. The van der Waals surface area contributed by atoms with Crippen molar-refractivity contribution in [3.8, 4) is 0 Å². The van der Waals surface area contributed by atoms with Gasteiger partial charge in [-0.2, -0.15) is 0 Å². The standard InChI is InChI=1S/C5H4FIN2O2S/c6-3-1-4(7)9-5(2-3)12(8,10)11/h1-2H,(H2,8,10,11). The highest BCUT2D eigenvalue weighted by Gasteiger charge is 2.11. The minimum atomic E-state index is -3.90. The second-order valence-electron chi connectivity index (χ2n) is 1.99. The molecule has 0 atom stereocenters. The zero-order valence-corrected chi connectivity index (χ0v) is 8.63. The van der Waals surface area contributed by atoms with Crippen LogP contribution in [0.5, 0.6) is 0 Å². The van der Waals surface area contributed by atoms with E-state index in [2.05, 4.69) is 4.98 Å². The maximum atomic E-state index is 12.6. The third-order valence-corrected chi connectivity index (χ3v) is 2.37. The van der Waals surface area contributed by atoms with Crippen LogP contribution >= 0.6 is 22.6 Å². The van der Waals surface area contributed by atoms with Gasteiger partial charge in [0.1, 0.15) is 9.52 Å². The van der Waals surface area contributed by atoms with Crippen molar-refractivity contribution in [3.05, 3.63) is 21.7 Å². The summed E-state index contributed by atoms with van der Waals surface area (Å²) in [5.41, 5.74) is 0. The van der Waals surface area contributed by atoms with E-state index in [9.17, 15) is 12.8 Å². The fourth-order valence-corrected chi connectivity index (χ4v) is 1.81. The Bertz CT molecular complexity index is 386. The molecule has 1 aromatic rings. The number of hydrogen-bond acceptors (Lipinski definition) is 3. The predicted octanol–water partition coefficient (Wildman–Crippen LogP) is 0.473. The van der Waals surface area contributed by atoms with Crippen LogP contribution in [0, 0.1) is 9.52 Å². The smallest absolute Gasteiger partial charge is 0.229 e. The average Bonchev–Trinajstić information content (AvgIpc) is 1.82. The van der Waals surface area contributed by atoms with Crippen molar-refractivity contribution in [2.24, 2.45) is 5.14 Å². The summed E-state index contributed by atoms with van der Waals surface area (Å²) in [4.78, 5) is 3.54. The normalized spacial score (nSPS) is 11.6. The van der Waals surface area contributed by atoms with Gasteiger partial charge >= 0.3 is 0 Å². The molecule has 0 aromatic carbocycles. The summed E-state index contributed by atoms with van der Waals surface area (Å²) in [6.45, 7) is 0. The number of halogens is 2. The van der Waals surface area contributed by atoms with E-state index in [1.54, 1.807) is 22.6 Å². The summed E-state index contributed by atoms with van der Waals surface area (Å²) >= 11 is 1.70. The van der Waals surface area contributed by atoms with Crippen molar-refractivity contribution in [2.75, 3.05) is 0 Å². The minimum Gasteiger partial charge on any atom is -0.229 e. The quantitative estimate of drug-likeness (QED) is 0.605. The lowest BCUT2D eigenvalue weighted by molar-refractivity contribution is 0.585. The van der Waals surface area contributed by atoms with Crippen molar-refractivity contribution in [2.45, 2.75) is 5.03 Å². The Morgan fingerprint density at radius 1 is 1.50 bits per heavy atom. The highest BCUT2D eigenvalue weighted by Crippen LogP contribution is 2.09. The maximum Gasteiger partial charge on any atom is 0.255 e. The van der Waals surface area contributed by atoms with Gasteiger partial charge in [0.05, 0.1) is 0 Å². The summed E-state index contributed by atoms with van der Waals surface area (Å²) in [6.07, 6.45) is 0. The number of pyridine rings is 1. The molecule has 7 heteroatoms. The molecular weight excluding hydrogens is 298 g/mol. The Kier molecular flexibility index (Phi) is 2.64. The van der Waals surface area contributed by atoms with Crippen molar-refractivity contribution >= 4 is 32.6 Å². The Hall–Kier alpha value is -0.280. The Labute approximate surface area is 82.2 Å². The van der Waals surface area contributed by atoms with E-state index in [-0.39, 0.29) is 3.70 Å². The summed E-state index contributed by atoms with van der Waals surface area (Å²) in [7, 11) is -3.90. The Morgan fingerprint density at radius 3 is 2.50 bits per heavy atom. The molecule has 0 unspecified atom stereocenters. The SMILES string of the molecule is NS(=O)(=O)c1cc(F)cc(I)n1. The lowest BCUT2D eigenvalue weighted by Gasteiger charge is -1.97. The molecule has 66 valence electrons. The molecule has 12 heavy (non-hydrogen) atoms. The van der Waals surface area contributed by atoms with Crippen LogP contribution in [0.4, 0.5) is 4.39 Å². The van der Waals surface area contributed by atoms with E-state index in [1.165, 1.54) is 0 Å². The molecule has 1 aromatic heterocycles. The molecule has 0 fully saturated rings. The molecule has 0 radical (unpaired) electrons. The van der Waals surface area contributed by atoms with Crippen LogP contribution in [0.1, 0.15) is 0 Å². The van der Waals surface area contributed by atoms with Gasteiger partial charge in [-0.15, -0.1) is 0 Å². The van der Waals surface area contributed by atoms with Gasteiger partial charge in [-0.05, 0) is 22.6 Å². The number of rotatable bonds is 1. The highest BCUT2D eigenvalue weighted by molar-refractivity contribution is 14.1. The largest absolute Gasteiger partial charge is 0.255 e. The molecule has 0 spiro atoms. The molecule has 2 N–H and O–H groups in total. The average molecular weight is 302 g/mol. The van der Waals surface area contributed by atoms with Gasteiger partial charge in [0.25, 0.3) is 10.0 Å². The molecule has 1 rings (SSSR count). The number of sulfonamides is 1. The number of aromatic nitrogens is 1. The molecule has 0 saturated heterocycles. The number of hydrogen-bond donors (Lipinski definition) is 1. The summed E-state index contributed by atoms with van der Waals surface area (Å²) < 4.78 is 34.2. The molecule has 0 aliphatic carbocycles. The van der Waals surface area contributed by atoms with Crippen LogP contribution < -0.4 is 5.14 Å². The second kappa shape index (κ2) is 3.23. The van der Waals surface area contributed by atoms with Crippen molar-refractivity contribution < 1.29 is 12.8 Å². The summed E-state index contributed by atoms with van der Waals surface area (Å²) in [6, 6.07) is 1.88. The molecule has 0 aliphatic rings. The van der Waals surface area contributed by atoms with Gasteiger partial charge in [-0.25, -0.2) is 22.9 Å². The fraction of sp³-hybridized carbons (Fsp3) is 0. The Morgan fingerprint density at radius 2 is 2.08 bits per heavy atom. The lowest BCUT2D eigenvalue weighted by atomic mass is 10.5. The van der Waals surface area contributed by atoms with Gasteiger partial charge in [0.15, 0.2) is 5.03 Å². The first-order valence-corrected chi connectivity index (χ1v) is 5.38. The summed E-state index contributed by atoms with van der Waals surface area (Å²) in [5, 5.41) is 4.28. The van der Waals surface area contributed by atoms with Crippen LogP contribution in [-0.2, 0) is 10.0 Å². The van der Waals surface area contributed by atoms with E-state index in [0.29, 0.717) is 0 Å². The van der Waals surface area contributed by atoms with Crippen LogP contribution in [0.3, 0.4) is 0 Å². The number of primary sulfonamides is 1. The summed E-state index contributed by atoms with van der Waals surface area (Å²) in [5.74, 6) is -0.668. The zero-order chi connectivity index (χ0) is 9.35. The monoisotopic (exact) mass is 302 g/mol. The molecule has 0 aliphatic heterocycles. The van der Waals surface area contributed by atoms with Gasteiger partial charge in [0.2, 0.25) is 0 Å². The van der Waals surface area contributed by atoms with Crippen molar-refractivity contribution in [1.29, 1.82) is 0 Å². The van der Waals surface area contributed by atoms with E-state index < -0.39 is 20.9 Å². The molecule has 1 heterocycles. The van der Waals surface area contributed by atoms with Crippen LogP contribution in [0.15, 0.2) is 17.2 Å². The molecule has 0 saturated carbocycles. The zero-order valence-electron chi connectivity index (χ0n) is 5.66. The molecule has 0 amide bonds. The van der Waals surface area contributed by atoms with Gasteiger partial charge in [-0.1, -0.05) is 0 Å². The van der Waals surface area contributed by atoms with E-state index in [1.807, 2.05) is 0 Å². The van der Waals surface area contributed by atoms with Gasteiger partial charge < -0.3 is 0 Å². The van der Waals surface area contributed by atoms with E-state index in [0.717, 1.165) is 12.1 Å². The molecule has 0 bridgehead atoms. The first-order chi connectivity index (χ1) is 5.39. The predicted molar refractivity (Wildman–Crippen MR) is 48.3 cm³/mol. The number of nitrogens with two attached hydrogens (primary N) is 1. The third kappa shape index (κ3) is 2.35. The third-order valence-electron chi connectivity index (χ3n) is 1.03. The van der Waals surface area contributed by atoms with Gasteiger partial charge in [-0.3, -0.25) is 0 Å². The first kappa shape index (κ1) is 9.81. The van der Waals surface area contributed by atoms with Gasteiger partial charge in [0, 0.05) is 12.1 Å².